The molecule has 0 radical (unpaired) electrons. The van der Waals surface area contributed by atoms with Crippen molar-refractivity contribution in [1.29, 1.82) is 0 Å². The van der Waals surface area contributed by atoms with Crippen molar-refractivity contribution < 1.29 is 9.53 Å². The Hall–Kier alpha value is -2.42. The lowest BCUT2D eigenvalue weighted by Crippen LogP contribution is -2.52. The van der Waals surface area contributed by atoms with Crippen LogP contribution in [0.2, 0.25) is 0 Å². The minimum absolute atomic E-state index is 0.00791. The molecule has 0 saturated carbocycles. The molecule has 3 aromatic rings. The van der Waals surface area contributed by atoms with Crippen LogP contribution >= 0.6 is 11.3 Å². The highest BCUT2D eigenvalue weighted by molar-refractivity contribution is 7.14. The Balaban J connectivity index is 1.74. The number of carbonyl (C=O) groups excluding carboxylic acids is 1. The molecule has 3 heterocycles. The number of nitrogens with zero attached hydrogens (tertiary/aromatic N) is 4. The molecule has 1 aliphatic rings. The predicted molar refractivity (Wildman–Crippen MR) is 106 cm³/mol. The fourth-order valence-electron chi connectivity index (χ4n) is 3.13. The van der Waals surface area contributed by atoms with Crippen LogP contribution in [0.3, 0.4) is 0 Å². The second kappa shape index (κ2) is 7.67. The van der Waals surface area contributed by atoms with E-state index in [-0.39, 0.29) is 12.1 Å². The maximum absolute atomic E-state index is 12.6. The first-order valence-corrected chi connectivity index (χ1v) is 9.82. The second-order valence-electron chi connectivity index (χ2n) is 6.38. The summed E-state index contributed by atoms with van der Waals surface area (Å²) >= 11 is 1.56. The number of ether oxygens (including phenoxy) is 1. The molecular weight excluding hydrogens is 362 g/mol. The third-order valence-corrected chi connectivity index (χ3v) is 5.38. The lowest BCUT2D eigenvalue weighted by atomic mass is 10.1. The summed E-state index contributed by atoms with van der Waals surface area (Å²) < 4.78 is 5.81. The Kier molecular flexibility index (Phi) is 5.11. The molecule has 1 amide bonds. The van der Waals surface area contributed by atoms with E-state index in [1.54, 1.807) is 22.4 Å². The summed E-state index contributed by atoms with van der Waals surface area (Å²) in [4.78, 5) is 18.8. The van der Waals surface area contributed by atoms with Gasteiger partial charge in [-0.25, -0.2) is 4.98 Å². The third kappa shape index (κ3) is 3.69. The van der Waals surface area contributed by atoms with Gasteiger partial charge in [-0.1, -0.05) is 30.4 Å². The highest BCUT2D eigenvalue weighted by Crippen LogP contribution is 2.29. The minimum atomic E-state index is -0.342. The van der Waals surface area contributed by atoms with Gasteiger partial charge in [0.05, 0.1) is 6.61 Å². The molecular formula is C19H21N5O2S. The summed E-state index contributed by atoms with van der Waals surface area (Å²) in [5.74, 6) is 0.597. The number of rotatable bonds is 4. The third-order valence-electron chi connectivity index (χ3n) is 4.49. The Morgan fingerprint density at radius 2 is 2.22 bits per heavy atom. The second-order valence-corrected chi connectivity index (χ2v) is 7.56. The monoisotopic (exact) mass is 383 g/mol. The van der Waals surface area contributed by atoms with Crippen LogP contribution in [-0.4, -0.2) is 47.0 Å². The van der Waals surface area contributed by atoms with Gasteiger partial charge in [0, 0.05) is 36.7 Å². The molecule has 1 unspecified atom stereocenters. The number of pyridine rings is 1. The van der Waals surface area contributed by atoms with E-state index >= 15 is 0 Å². The molecule has 0 aliphatic carbocycles. The first-order chi connectivity index (χ1) is 13.2. The number of morpholine rings is 1. The van der Waals surface area contributed by atoms with Gasteiger partial charge in [0.1, 0.15) is 15.8 Å². The Morgan fingerprint density at radius 1 is 1.33 bits per heavy atom. The van der Waals surface area contributed by atoms with Crippen LogP contribution in [0.4, 0.5) is 5.82 Å². The Bertz CT molecular complexity index is 968. The molecule has 1 aliphatic heterocycles. The number of aromatic nitrogens is 3. The van der Waals surface area contributed by atoms with Crippen LogP contribution < -0.4 is 10.2 Å². The van der Waals surface area contributed by atoms with Crippen molar-refractivity contribution in [3.8, 4) is 10.6 Å². The number of carbonyl (C=O) groups is 1. The number of hydrogen-bond donors (Lipinski definition) is 1. The van der Waals surface area contributed by atoms with Crippen molar-refractivity contribution in [1.82, 2.24) is 20.5 Å². The summed E-state index contributed by atoms with van der Waals surface area (Å²) in [7, 11) is 0. The fourth-order valence-corrected chi connectivity index (χ4v) is 3.82. The van der Waals surface area contributed by atoms with Gasteiger partial charge in [-0.2, -0.15) is 0 Å². The SMILES string of the molecule is CCC(=O)N(c1cc2cc(-c3nnc(C)s3)ccc2cn1)C1CNCCO1. The summed E-state index contributed by atoms with van der Waals surface area (Å²) in [6.45, 7) is 5.75. The summed E-state index contributed by atoms with van der Waals surface area (Å²) in [5, 5.41) is 15.4. The highest BCUT2D eigenvalue weighted by Gasteiger charge is 2.27. The zero-order valence-corrected chi connectivity index (χ0v) is 16.1. The smallest absolute Gasteiger partial charge is 0.230 e. The molecule has 1 aromatic carbocycles. The number of aryl methyl sites for hydroxylation is 1. The van der Waals surface area contributed by atoms with E-state index in [0.29, 0.717) is 25.4 Å². The number of hydrogen-bond acceptors (Lipinski definition) is 7. The number of nitrogens with one attached hydrogen (secondary N) is 1. The van der Waals surface area contributed by atoms with Crippen LogP contribution in [0.1, 0.15) is 18.4 Å². The fraction of sp³-hybridized carbons (Fsp3) is 0.368. The zero-order chi connectivity index (χ0) is 18.8. The van der Waals surface area contributed by atoms with Gasteiger partial charge >= 0.3 is 0 Å². The largest absolute Gasteiger partial charge is 0.355 e. The van der Waals surface area contributed by atoms with Gasteiger partial charge in [0.15, 0.2) is 6.23 Å². The number of benzene rings is 1. The molecule has 4 rings (SSSR count). The Morgan fingerprint density at radius 3 is 2.93 bits per heavy atom. The molecule has 1 fully saturated rings. The molecule has 27 heavy (non-hydrogen) atoms. The van der Waals surface area contributed by atoms with E-state index in [9.17, 15) is 4.79 Å². The molecule has 0 bridgehead atoms. The number of fused-ring (bicyclic) bond motifs is 1. The van der Waals surface area contributed by atoms with E-state index in [1.165, 1.54) is 0 Å². The van der Waals surface area contributed by atoms with Gasteiger partial charge < -0.3 is 10.1 Å². The van der Waals surface area contributed by atoms with Gasteiger partial charge in [-0.05, 0) is 24.4 Å². The molecule has 0 spiro atoms. The average molecular weight is 383 g/mol. The predicted octanol–water partition coefficient (Wildman–Crippen LogP) is 2.75. The topological polar surface area (TPSA) is 80.2 Å². The molecule has 1 N–H and O–H groups in total. The maximum Gasteiger partial charge on any atom is 0.230 e. The maximum atomic E-state index is 12.6. The van der Waals surface area contributed by atoms with Gasteiger partial charge in [-0.3, -0.25) is 9.69 Å². The van der Waals surface area contributed by atoms with E-state index in [2.05, 4.69) is 26.6 Å². The van der Waals surface area contributed by atoms with Crippen LogP contribution in [0.5, 0.6) is 0 Å². The van der Waals surface area contributed by atoms with Crippen molar-refractivity contribution in [2.45, 2.75) is 26.5 Å². The normalized spacial score (nSPS) is 17.2. The summed E-state index contributed by atoms with van der Waals surface area (Å²) in [6.07, 6.45) is 1.85. The van der Waals surface area contributed by atoms with Crippen LogP contribution in [0.25, 0.3) is 21.3 Å². The number of anilines is 1. The van der Waals surface area contributed by atoms with Crippen molar-refractivity contribution in [2.75, 3.05) is 24.6 Å². The molecule has 140 valence electrons. The first kappa shape index (κ1) is 18.0. The highest BCUT2D eigenvalue weighted by atomic mass is 32.1. The standard InChI is InChI=1S/C19H21N5O2S/c1-3-17(25)24(18-11-20-6-7-26-18)16-9-15-8-13(4-5-14(15)10-21-16)19-23-22-12(2)27-19/h4-5,8-10,18,20H,3,6-7,11H2,1-2H3. The molecule has 7 nitrogen and oxygen atoms in total. The van der Waals surface area contributed by atoms with Crippen molar-refractivity contribution >= 4 is 33.8 Å². The average Bonchev–Trinajstić information content (AvgIpc) is 3.14. The quantitative estimate of drug-likeness (QED) is 0.746. The zero-order valence-electron chi connectivity index (χ0n) is 15.3. The Labute approximate surface area is 161 Å². The lowest BCUT2D eigenvalue weighted by molar-refractivity contribution is -0.121. The molecule has 1 saturated heterocycles. The van der Waals surface area contributed by atoms with Crippen LogP contribution in [0, 0.1) is 6.92 Å². The number of amides is 1. The molecule has 1 atom stereocenters. The van der Waals surface area contributed by atoms with Crippen molar-refractivity contribution in [2.24, 2.45) is 0 Å². The van der Waals surface area contributed by atoms with E-state index in [4.69, 9.17) is 4.74 Å². The summed E-state index contributed by atoms with van der Waals surface area (Å²) in [6, 6.07) is 8.04. The summed E-state index contributed by atoms with van der Waals surface area (Å²) in [5.41, 5.74) is 1.01. The van der Waals surface area contributed by atoms with Crippen molar-refractivity contribution in [3.63, 3.8) is 0 Å². The van der Waals surface area contributed by atoms with E-state index in [1.807, 2.05) is 32.0 Å². The van der Waals surface area contributed by atoms with Gasteiger partial charge in [0.2, 0.25) is 5.91 Å². The van der Waals surface area contributed by atoms with E-state index < -0.39 is 0 Å². The van der Waals surface area contributed by atoms with Crippen LogP contribution in [-0.2, 0) is 9.53 Å². The van der Waals surface area contributed by atoms with Crippen LogP contribution in [0.15, 0.2) is 30.5 Å². The van der Waals surface area contributed by atoms with Gasteiger partial charge in [-0.15, -0.1) is 10.2 Å². The van der Waals surface area contributed by atoms with E-state index in [0.717, 1.165) is 32.9 Å². The lowest BCUT2D eigenvalue weighted by Gasteiger charge is -2.33. The minimum Gasteiger partial charge on any atom is -0.355 e. The molecule has 8 heteroatoms. The first-order valence-electron chi connectivity index (χ1n) is 9.00. The van der Waals surface area contributed by atoms with Crippen molar-refractivity contribution in [3.05, 3.63) is 35.5 Å². The van der Waals surface area contributed by atoms with Gasteiger partial charge in [0.25, 0.3) is 0 Å². The molecule has 2 aromatic heterocycles.